The summed E-state index contributed by atoms with van der Waals surface area (Å²) in [5.41, 5.74) is 3.42. The monoisotopic (exact) mass is 406 g/mol. The number of amides is 1. The molecule has 0 saturated carbocycles. The molecule has 3 aromatic rings. The molecule has 8 heteroatoms. The number of ether oxygens (including phenoxy) is 1. The van der Waals surface area contributed by atoms with Crippen molar-refractivity contribution in [2.24, 2.45) is 0 Å². The number of nitrogens with zero attached hydrogens (tertiary/aromatic N) is 6. The van der Waals surface area contributed by atoms with Gasteiger partial charge in [-0.1, -0.05) is 18.2 Å². The van der Waals surface area contributed by atoms with Crippen molar-refractivity contribution in [2.75, 3.05) is 20.2 Å². The van der Waals surface area contributed by atoms with E-state index in [1.54, 1.807) is 11.8 Å². The van der Waals surface area contributed by atoms with Gasteiger partial charge in [-0.3, -0.25) is 9.78 Å². The summed E-state index contributed by atoms with van der Waals surface area (Å²) >= 11 is 0. The number of methoxy groups -OCH3 is 1. The Hall–Kier alpha value is -3.29. The number of rotatable bonds is 7. The van der Waals surface area contributed by atoms with E-state index in [0.717, 1.165) is 49.4 Å². The first-order valence-electron chi connectivity index (χ1n) is 10.3. The number of tetrazole rings is 1. The molecule has 0 aliphatic carbocycles. The Bertz CT molecular complexity index is 958. The molecule has 1 aliphatic heterocycles. The highest BCUT2D eigenvalue weighted by Gasteiger charge is 2.25. The number of hydrogen-bond acceptors (Lipinski definition) is 6. The minimum atomic E-state index is 0.143. The highest BCUT2D eigenvalue weighted by Crippen LogP contribution is 2.26. The van der Waals surface area contributed by atoms with Gasteiger partial charge in [0, 0.05) is 37.3 Å². The van der Waals surface area contributed by atoms with E-state index in [0.29, 0.717) is 13.0 Å². The first-order chi connectivity index (χ1) is 14.7. The summed E-state index contributed by atoms with van der Waals surface area (Å²) in [6.45, 7) is 2.03. The van der Waals surface area contributed by atoms with E-state index in [-0.39, 0.29) is 11.8 Å². The maximum Gasteiger partial charge on any atom is 0.224 e. The molecule has 4 rings (SSSR count). The fraction of sp³-hybridized carbons (Fsp3) is 0.409. The summed E-state index contributed by atoms with van der Waals surface area (Å²) in [4.78, 5) is 19.3. The van der Waals surface area contributed by atoms with Crippen LogP contribution < -0.4 is 4.74 Å². The van der Waals surface area contributed by atoms with Crippen molar-refractivity contribution in [1.82, 2.24) is 30.1 Å². The van der Waals surface area contributed by atoms with Gasteiger partial charge >= 0.3 is 0 Å². The topological polar surface area (TPSA) is 86.0 Å². The Morgan fingerprint density at radius 1 is 1.23 bits per heavy atom. The standard InChI is InChI=1S/C22H26N6O2/c1-30-20-6-2-4-17(13-20)12-18-7-8-21(23-14-18)19-5-3-10-27(15-19)22(29)9-11-28-16-24-25-26-28/h2,4,6-8,13-14,16,19H,3,5,9-12,15H2,1H3. The Morgan fingerprint density at radius 2 is 2.17 bits per heavy atom. The molecule has 0 N–H and O–H groups in total. The van der Waals surface area contributed by atoms with E-state index >= 15 is 0 Å². The lowest BCUT2D eigenvalue weighted by Crippen LogP contribution is -2.39. The van der Waals surface area contributed by atoms with Crippen molar-refractivity contribution in [3.05, 3.63) is 65.7 Å². The van der Waals surface area contributed by atoms with Crippen LogP contribution in [-0.2, 0) is 17.8 Å². The predicted molar refractivity (Wildman–Crippen MR) is 111 cm³/mol. The molecule has 1 atom stereocenters. The van der Waals surface area contributed by atoms with Crippen molar-refractivity contribution in [1.29, 1.82) is 0 Å². The molecule has 1 amide bonds. The number of carbonyl (C=O) groups is 1. The molecule has 1 aliphatic rings. The molecule has 0 radical (unpaired) electrons. The maximum atomic E-state index is 12.6. The third-order valence-electron chi connectivity index (χ3n) is 5.53. The van der Waals surface area contributed by atoms with E-state index in [1.807, 2.05) is 29.3 Å². The summed E-state index contributed by atoms with van der Waals surface area (Å²) in [7, 11) is 1.68. The zero-order valence-electron chi connectivity index (χ0n) is 17.1. The molecule has 3 heterocycles. The van der Waals surface area contributed by atoms with Crippen LogP contribution in [0.5, 0.6) is 5.75 Å². The Balaban J connectivity index is 1.34. The Labute approximate surface area is 175 Å². The van der Waals surface area contributed by atoms with E-state index in [2.05, 4.69) is 33.7 Å². The average Bonchev–Trinajstić information content (AvgIpc) is 3.32. The van der Waals surface area contributed by atoms with Gasteiger partial charge < -0.3 is 9.64 Å². The number of likely N-dealkylation sites (tertiary alicyclic amines) is 1. The number of aryl methyl sites for hydroxylation is 1. The van der Waals surface area contributed by atoms with Crippen LogP contribution in [0.25, 0.3) is 0 Å². The SMILES string of the molecule is COc1cccc(Cc2ccc(C3CCCN(C(=O)CCn4cnnn4)C3)nc2)c1. The zero-order valence-corrected chi connectivity index (χ0v) is 17.1. The third-order valence-corrected chi connectivity index (χ3v) is 5.53. The molecule has 1 unspecified atom stereocenters. The summed E-state index contributed by atoms with van der Waals surface area (Å²) in [6, 6.07) is 12.3. The van der Waals surface area contributed by atoms with E-state index in [9.17, 15) is 4.79 Å². The van der Waals surface area contributed by atoms with Gasteiger partial charge in [0.05, 0.1) is 13.7 Å². The lowest BCUT2D eigenvalue weighted by molar-refractivity contribution is -0.132. The molecule has 2 aromatic heterocycles. The van der Waals surface area contributed by atoms with Crippen molar-refractivity contribution >= 4 is 5.91 Å². The highest BCUT2D eigenvalue weighted by molar-refractivity contribution is 5.76. The van der Waals surface area contributed by atoms with E-state index in [1.165, 1.54) is 11.9 Å². The minimum Gasteiger partial charge on any atom is -0.497 e. The normalized spacial score (nSPS) is 16.4. The average molecular weight is 406 g/mol. The van der Waals surface area contributed by atoms with Crippen LogP contribution in [0.15, 0.2) is 48.9 Å². The number of pyridine rings is 1. The first-order valence-corrected chi connectivity index (χ1v) is 10.3. The van der Waals surface area contributed by atoms with Gasteiger partial charge in [0.25, 0.3) is 0 Å². The molecule has 1 aromatic carbocycles. The zero-order chi connectivity index (χ0) is 20.8. The lowest BCUT2D eigenvalue weighted by Gasteiger charge is -2.32. The number of carbonyl (C=O) groups excluding carboxylic acids is 1. The Kier molecular flexibility index (Phi) is 6.32. The third kappa shape index (κ3) is 5.00. The molecule has 8 nitrogen and oxygen atoms in total. The van der Waals surface area contributed by atoms with Crippen LogP contribution in [0.1, 0.15) is 42.0 Å². The van der Waals surface area contributed by atoms with Crippen LogP contribution in [0.3, 0.4) is 0 Å². The molecule has 156 valence electrons. The van der Waals surface area contributed by atoms with Gasteiger partial charge in [0.2, 0.25) is 5.91 Å². The van der Waals surface area contributed by atoms with Crippen molar-refractivity contribution in [2.45, 2.75) is 38.1 Å². The number of aromatic nitrogens is 5. The number of benzene rings is 1. The molecule has 0 spiro atoms. The number of piperidine rings is 1. The van der Waals surface area contributed by atoms with E-state index in [4.69, 9.17) is 9.72 Å². The van der Waals surface area contributed by atoms with Crippen molar-refractivity contribution in [3.63, 3.8) is 0 Å². The number of hydrogen-bond donors (Lipinski definition) is 0. The van der Waals surface area contributed by atoms with Gasteiger partial charge in [-0.25, -0.2) is 4.68 Å². The molecular formula is C22H26N6O2. The lowest BCUT2D eigenvalue weighted by atomic mass is 9.93. The molecular weight excluding hydrogens is 380 g/mol. The molecule has 1 saturated heterocycles. The fourth-order valence-electron chi connectivity index (χ4n) is 3.90. The van der Waals surface area contributed by atoms with Crippen LogP contribution in [-0.4, -0.2) is 56.2 Å². The minimum absolute atomic E-state index is 0.143. The largest absolute Gasteiger partial charge is 0.497 e. The van der Waals surface area contributed by atoms with Gasteiger partial charge in [-0.2, -0.15) is 0 Å². The summed E-state index contributed by atoms with van der Waals surface area (Å²) in [6.07, 6.45) is 6.76. The summed E-state index contributed by atoms with van der Waals surface area (Å²) < 4.78 is 6.89. The smallest absolute Gasteiger partial charge is 0.224 e. The van der Waals surface area contributed by atoms with Gasteiger partial charge in [0.15, 0.2) is 0 Å². The van der Waals surface area contributed by atoms with E-state index < -0.39 is 0 Å². The quantitative estimate of drug-likeness (QED) is 0.599. The molecule has 0 bridgehead atoms. The highest BCUT2D eigenvalue weighted by atomic mass is 16.5. The van der Waals surface area contributed by atoms with Crippen LogP contribution >= 0.6 is 0 Å². The first kappa shape index (κ1) is 20.0. The van der Waals surface area contributed by atoms with Crippen LogP contribution in [0.2, 0.25) is 0 Å². The van der Waals surface area contributed by atoms with Gasteiger partial charge in [0.1, 0.15) is 12.1 Å². The maximum absolute atomic E-state index is 12.6. The van der Waals surface area contributed by atoms with Crippen molar-refractivity contribution in [3.8, 4) is 5.75 Å². The second kappa shape index (κ2) is 9.47. The summed E-state index contributed by atoms with van der Waals surface area (Å²) in [5, 5.41) is 11.0. The predicted octanol–water partition coefficient (Wildman–Crippen LogP) is 2.46. The van der Waals surface area contributed by atoms with Gasteiger partial charge in [-0.05, 0) is 59.0 Å². The van der Waals surface area contributed by atoms with Crippen LogP contribution in [0, 0.1) is 0 Å². The van der Waals surface area contributed by atoms with Crippen LogP contribution in [0.4, 0.5) is 0 Å². The molecule has 30 heavy (non-hydrogen) atoms. The summed E-state index contributed by atoms with van der Waals surface area (Å²) in [5.74, 6) is 1.29. The fourth-order valence-corrected chi connectivity index (χ4v) is 3.90. The van der Waals surface area contributed by atoms with Gasteiger partial charge in [-0.15, -0.1) is 5.10 Å². The second-order valence-electron chi connectivity index (χ2n) is 7.62. The Morgan fingerprint density at radius 3 is 2.93 bits per heavy atom. The van der Waals surface area contributed by atoms with Crippen molar-refractivity contribution < 1.29 is 9.53 Å². The second-order valence-corrected chi connectivity index (χ2v) is 7.62. The molecule has 1 fully saturated rings.